The molecule has 5 nitrogen and oxygen atoms in total. The molecule has 1 aromatic heterocycles. The molecule has 1 fully saturated rings. The molecule has 3 rings (SSSR count). The molecule has 1 aliphatic heterocycles. The minimum Gasteiger partial charge on any atom is -0.441 e. The largest absolute Gasteiger partial charge is 0.441 e. The first-order valence-corrected chi connectivity index (χ1v) is 9.18. The van der Waals surface area contributed by atoms with Crippen LogP contribution < -0.4 is 5.73 Å². The molecule has 1 amide bonds. The third-order valence-electron chi connectivity index (χ3n) is 4.71. The lowest BCUT2D eigenvalue weighted by molar-refractivity contribution is -0.135. The van der Waals surface area contributed by atoms with Gasteiger partial charge in [0.15, 0.2) is 11.7 Å². The Hall–Kier alpha value is -1.85. The van der Waals surface area contributed by atoms with Crippen LogP contribution in [0, 0.1) is 0 Å². The molecular formula is C19H24ClN3O2. The summed E-state index contributed by atoms with van der Waals surface area (Å²) in [4.78, 5) is 18.8. The van der Waals surface area contributed by atoms with Gasteiger partial charge in [-0.2, -0.15) is 0 Å². The van der Waals surface area contributed by atoms with Crippen LogP contribution in [-0.4, -0.2) is 34.4 Å². The van der Waals surface area contributed by atoms with Gasteiger partial charge in [-0.25, -0.2) is 4.98 Å². The summed E-state index contributed by atoms with van der Waals surface area (Å²) in [5.41, 5.74) is 6.97. The van der Waals surface area contributed by atoms with Crippen molar-refractivity contribution in [2.45, 2.75) is 51.1 Å². The molecule has 6 heteroatoms. The van der Waals surface area contributed by atoms with Crippen molar-refractivity contribution in [3.8, 4) is 11.3 Å². The maximum absolute atomic E-state index is 12.6. The van der Waals surface area contributed by atoms with Crippen LogP contribution in [0.4, 0.5) is 0 Å². The Morgan fingerprint density at radius 2 is 2.16 bits per heavy atom. The lowest BCUT2D eigenvalue weighted by Gasteiger charge is -2.38. The topological polar surface area (TPSA) is 72.4 Å². The monoisotopic (exact) mass is 361 g/mol. The van der Waals surface area contributed by atoms with Crippen molar-refractivity contribution in [2.24, 2.45) is 5.73 Å². The van der Waals surface area contributed by atoms with E-state index in [0.29, 0.717) is 29.5 Å². The molecule has 2 unspecified atom stereocenters. The summed E-state index contributed by atoms with van der Waals surface area (Å²) in [5, 5.41) is 0.680. The van der Waals surface area contributed by atoms with E-state index >= 15 is 0 Å². The zero-order valence-corrected chi connectivity index (χ0v) is 15.2. The van der Waals surface area contributed by atoms with Gasteiger partial charge in [0.25, 0.3) is 0 Å². The van der Waals surface area contributed by atoms with Crippen LogP contribution in [0.1, 0.15) is 38.5 Å². The summed E-state index contributed by atoms with van der Waals surface area (Å²) in [6.07, 6.45) is 5.76. The summed E-state index contributed by atoms with van der Waals surface area (Å²) in [6, 6.07) is 7.55. The summed E-state index contributed by atoms with van der Waals surface area (Å²) < 4.78 is 5.77. The van der Waals surface area contributed by atoms with E-state index < -0.39 is 0 Å². The number of oxazole rings is 1. The van der Waals surface area contributed by atoms with Gasteiger partial charge in [-0.3, -0.25) is 4.79 Å². The van der Waals surface area contributed by atoms with Crippen LogP contribution in [0.2, 0.25) is 5.02 Å². The van der Waals surface area contributed by atoms with E-state index in [-0.39, 0.29) is 18.0 Å². The number of aryl methyl sites for hydroxylation is 1. The van der Waals surface area contributed by atoms with E-state index in [1.165, 1.54) is 0 Å². The third kappa shape index (κ3) is 4.41. The second-order valence-electron chi connectivity index (χ2n) is 6.63. The number of halogens is 1. The maximum Gasteiger partial charge on any atom is 0.223 e. The van der Waals surface area contributed by atoms with E-state index in [2.05, 4.69) is 4.98 Å². The molecule has 2 aromatic rings. The second kappa shape index (κ2) is 8.02. The van der Waals surface area contributed by atoms with Crippen LogP contribution in [0.15, 0.2) is 34.9 Å². The molecule has 0 bridgehead atoms. The zero-order chi connectivity index (χ0) is 17.8. The summed E-state index contributed by atoms with van der Waals surface area (Å²) in [6.45, 7) is 2.77. The van der Waals surface area contributed by atoms with Crippen molar-refractivity contribution in [1.82, 2.24) is 9.88 Å². The number of amides is 1. The highest BCUT2D eigenvalue weighted by atomic mass is 35.5. The number of hydrogen-bond donors (Lipinski definition) is 1. The minimum atomic E-state index is 0.00231. The van der Waals surface area contributed by atoms with E-state index in [0.717, 1.165) is 31.4 Å². The van der Waals surface area contributed by atoms with Crippen molar-refractivity contribution in [2.75, 3.05) is 6.54 Å². The molecule has 0 aliphatic carbocycles. The highest BCUT2D eigenvalue weighted by Gasteiger charge is 2.29. The van der Waals surface area contributed by atoms with Crippen LogP contribution in [-0.2, 0) is 11.2 Å². The predicted octanol–water partition coefficient (Wildman–Crippen LogP) is 3.66. The predicted molar refractivity (Wildman–Crippen MR) is 98.3 cm³/mol. The number of nitrogens with zero attached hydrogens (tertiary/aromatic N) is 2. The highest BCUT2D eigenvalue weighted by Crippen LogP contribution is 2.24. The van der Waals surface area contributed by atoms with E-state index in [4.69, 9.17) is 21.8 Å². The van der Waals surface area contributed by atoms with Crippen LogP contribution in [0.25, 0.3) is 11.3 Å². The number of piperidine rings is 1. The quantitative estimate of drug-likeness (QED) is 0.882. The Morgan fingerprint density at radius 3 is 2.88 bits per heavy atom. The lowest BCUT2D eigenvalue weighted by Crippen LogP contribution is -2.51. The van der Waals surface area contributed by atoms with Gasteiger partial charge in [0.2, 0.25) is 5.91 Å². The van der Waals surface area contributed by atoms with Gasteiger partial charge in [-0.05, 0) is 50.5 Å². The minimum absolute atomic E-state index is 0.00231. The fourth-order valence-corrected chi connectivity index (χ4v) is 3.47. The molecule has 0 saturated carbocycles. The number of aromatic nitrogens is 1. The molecule has 134 valence electrons. The maximum atomic E-state index is 12.6. The number of nitrogens with two attached hydrogens (primary N) is 1. The number of carbonyl (C=O) groups excluding carboxylic acids is 1. The van der Waals surface area contributed by atoms with Gasteiger partial charge < -0.3 is 15.1 Å². The van der Waals surface area contributed by atoms with E-state index in [1.807, 2.05) is 36.1 Å². The Kier molecular flexibility index (Phi) is 5.76. The van der Waals surface area contributed by atoms with Crippen molar-refractivity contribution < 1.29 is 9.21 Å². The van der Waals surface area contributed by atoms with E-state index in [1.54, 1.807) is 6.20 Å². The number of hydrogen-bond acceptors (Lipinski definition) is 4. The smallest absolute Gasteiger partial charge is 0.223 e. The molecule has 0 radical (unpaired) electrons. The first kappa shape index (κ1) is 18.0. The first-order chi connectivity index (χ1) is 12.0. The van der Waals surface area contributed by atoms with Gasteiger partial charge in [-0.15, -0.1) is 0 Å². The molecule has 1 aliphatic rings. The Labute approximate surface area is 153 Å². The Morgan fingerprint density at radius 1 is 1.40 bits per heavy atom. The van der Waals surface area contributed by atoms with Crippen molar-refractivity contribution >= 4 is 17.5 Å². The Bertz CT molecular complexity index is 712. The molecule has 0 spiro atoms. The molecule has 1 aromatic carbocycles. The zero-order valence-electron chi connectivity index (χ0n) is 14.5. The van der Waals surface area contributed by atoms with Crippen LogP contribution in [0.3, 0.4) is 0 Å². The highest BCUT2D eigenvalue weighted by molar-refractivity contribution is 6.30. The van der Waals surface area contributed by atoms with Gasteiger partial charge in [0, 0.05) is 42.1 Å². The number of rotatable bonds is 5. The van der Waals surface area contributed by atoms with Crippen LogP contribution >= 0.6 is 11.6 Å². The van der Waals surface area contributed by atoms with Gasteiger partial charge in [0.1, 0.15) is 0 Å². The fourth-order valence-electron chi connectivity index (χ4n) is 3.34. The average molecular weight is 362 g/mol. The Balaban J connectivity index is 1.60. The third-order valence-corrected chi connectivity index (χ3v) is 4.96. The first-order valence-electron chi connectivity index (χ1n) is 8.80. The molecule has 2 heterocycles. The van der Waals surface area contributed by atoms with Gasteiger partial charge >= 0.3 is 0 Å². The molecular weight excluding hydrogens is 338 g/mol. The normalized spacial score (nSPS) is 19.0. The van der Waals surface area contributed by atoms with Crippen molar-refractivity contribution in [1.29, 1.82) is 0 Å². The molecule has 25 heavy (non-hydrogen) atoms. The molecule has 1 saturated heterocycles. The second-order valence-corrected chi connectivity index (χ2v) is 7.07. The SMILES string of the molecule is CC(N)C1CCCCN1C(=O)CCc1ncc(-c2ccc(Cl)cc2)o1. The van der Waals surface area contributed by atoms with E-state index in [9.17, 15) is 4.79 Å². The summed E-state index contributed by atoms with van der Waals surface area (Å²) >= 11 is 5.90. The van der Waals surface area contributed by atoms with Gasteiger partial charge in [0.05, 0.1) is 6.20 Å². The van der Waals surface area contributed by atoms with Gasteiger partial charge in [-0.1, -0.05) is 11.6 Å². The molecule has 2 N–H and O–H groups in total. The fraction of sp³-hybridized carbons (Fsp3) is 0.474. The average Bonchev–Trinajstić information content (AvgIpc) is 3.09. The number of carbonyl (C=O) groups is 1. The summed E-state index contributed by atoms with van der Waals surface area (Å²) in [7, 11) is 0. The number of benzene rings is 1. The lowest BCUT2D eigenvalue weighted by atomic mass is 9.96. The standard InChI is InChI=1S/C19H24ClN3O2/c1-13(21)16-4-2-3-11-23(16)19(24)10-9-18-22-12-17(25-18)14-5-7-15(20)8-6-14/h5-8,12-13,16H,2-4,9-11,21H2,1H3. The van der Waals surface area contributed by atoms with Crippen LogP contribution in [0.5, 0.6) is 0 Å². The summed E-state index contributed by atoms with van der Waals surface area (Å²) in [5.74, 6) is 1.39. The number of likely N-dealkylation sites (tertiary alicyclic amines) is 1. The van der Waals surface area contributed by atoms with Crippen molar-refractivity contribution in [3.63, 3.8) is 0 Å². The molecule has 2 atom stereocenters. The van der Waals surface area contributed by atoms with Crippen molar-refractivity contribution in [3.05, 3.63) is 41.4 Å².